The molecule has 2 aliphatic rings. The molecule has 1 heterocycles. The molecule has 170 valence electrons. The summed E-state index contributed by atoms with van der Waals surface area (Å²) in [5, 5.41) is 7.44. The highest BCUT2D eigenvalue weighted by Crippen LogP contribution is 2.42. The Hall–Kier alpha value is -3.29. The number of nitrogens with two attached hydrogens (primary N) is 1. The van der Waals surface area contributed by atoms with E-state index in [1.165, 1.54) is 6.08 Å². The Morgan fingerprint density at radius 1 is 1.31 bits per heavy atom. The van der Waals surface area contributed by atoms with E-state index in [0.29, 0.717) is 35.6 Å². The molecule has 2 amide bonds. The molecular formula is C24H31N5O3. The van der Waals surface area contributed by atoms with E-state index in [4.69, 9.17) is 15.6 Å². The van der Waals surface area contributed by atoms with Crippen LogP contribution in [0.5, 0.6) is 5.75 Å². The average Bonchev–Trinajstić information content (AvgIpc) is 3.53. The third-order valence-electron chi connectivity index (χ3n) is 6.34. The van der Waals surface area contributed by atoms with Gasteiger partial charge in [0.15, 0.2) is 0 Å². The van der Waals surface area contributed by atoms with Gasteiger partial charge in [-0.2, -0.15) is 5.10 Å². The van der Waals surface area contributed by atoms with Crippen molar-refractivity contribution < 1.29 is 14.3 Å². The Bertz CT molecular complexity index is 1000. The van der Waals surface area contributed by atoms with Crippen molar-refractivity contribution >= 4 is 17.6 Å². The van der Waals surface area contributed by atoms with Gasteiger partial charge in [-0.3, -0.25) is 9.59 Å². The third kappa shape index (κ3) is 4.49. The summed E-state index contributed by atoms with van der Waals surface area (Å²) in [5.41, 5.74) is 8.23. The Labute approximate surface area is 188 Å². The van der Waals surface area contributed by atoms with Crippen molar-refractivity contribution in [2.45, 2.75) is 44.2 Å². The molecule has 0 spiro atoms. The number of carbonyl (C=O) groups excluding carboxylic acids is 2. The molecule has 1 aromatic carbocycles. The first kappa shape index (κ1) is 21.9. The van der Waals surface area contributed by atoms with Crippen LogP contribution in [0.15, 0.2) is 36.9 Å². The molecule has 8 heteroatoms. The highest BCUT2D eigenvalue weighted by atomic mass is 16.5. The number of likely N-dealkylation sites (N-methyl/N-ethyl adjacent to an activating group) is 1. The van der Waals surface area contributed by atoms with Crippen LogP contribution >= 0.6 is 0 Å². The van der Waals surface area contributed by atoms with Gasteiger partial charge in [-0.15, -0.1) is 0 Å². The zero-order chi connectivity index (χ0) is 22.8. The van der Waals surface area contributed by atoms with Crippen LogP contribution in [0.25, 0.3) is 11.3 Å². The van der Waals surface area contributed by atoms with Crippen molar-refractivity contribution in [3.63, 3.8) is 0 Å². The summed E-state index contributed by atoms with van der Waals surface area (Å²) in [5.74, 6) is 1.40. The Morgan fingerprint density at radius 2 is 2.00 bits per heavy atom. The SMILES string of the molecule is C=CC(=O)N(C)CCC1CC(n2nc(-c3ccc(OC4CC4)cc3)c(C(=O)NC)c2N)C1. The number of carbonyl (C=O) groups is 2. The first-order valence-electron chi connectivity index (χ1n) is 11.2. The van der Waals surface area contributed by atoms with Crippen LogP contribution in [0, 0.1) is 5.92 Å². The van der Waals surface area contributed by atoms with Crippen LogP contribution in [0.4, 0.5) is 5.82 Å². The maximum absolute atomic E-state index is 12.6. The smallest absolute Gasteiger partial charge is 0.257 e. The molecule has 0 unspecified atom stereocenters. The van der Waals surface area contributed by atoms with Crippen LogP contribution in [-0.4, -0.2) is 53.2 Å². The summed E-state index contributed by atoms with van der Waals surface area (Å²) < 4.78 is 7.62. The van der Waals surface area contributed by atoms with Crippen LogP contribution in [0.2, 0.25) is 0 Å². The number of nitrogens with zero attached hydrogens (tertiary/aromatic N) is 3. The quantitative estimate of drug-likeness (QED) is 0.587. The number of amides is 2. The first-order valence-corrected chi connectivity index (χ1v) is 11.2. The molecule has 0 radical (unpaired) electrons. The zero-order valence-corrected chi connectivity index (χ0v) is 18.7. The molecule has 4 rings (SSSR count). The van der Waals surface area contributed by atoms with Crippen molar-refractivity contribution in [1.29, 1.82) is 0 Å². The number of nitrogens with one attached hydrogen (secondary N) is 1. The second kappa shape index (κ2) is 9.06. The molecule has 0 aliphatic heterocycles. The second-order valence-corrected chi connectivity index (χ2v) is 8.72. The van der Waals surface area contributed by atoms with Gasteiger partial charge < -0.3 is 20.7 Å². The number of rotatable bonds is 9. The molecule has 0 bridgehead atoms. The van der Waals surface area contributed by atoms with Gasteiger partial charge >= 0.3 is 0 Å². The van der Waals surface area contributed by atoms with E-state index in [1.807, 2.05) is 24.3 Å². The molecule has 2 fully saturated rings. The normalized spacial score (nSPS) is 19.7. The Morgan fingerprint density at radius 3 is 2.59 bits per heavy atom. The highest BCUT2D eigenvalue weighted by Gasteiger charge is 2.35. The standard InChI is InChI=1S/C24H31N5O3/c1-4-20(30)28(3)12-11-15-13-17(14-15)29-23(25)21(24(31)26-2)22(27-29)16-5-7-18(8-6-16)32-19-9-10-19/h4-8,15,17,19H,1,9-14,25H2,2-3H3,(H,26,31). The topological polar surface area (TPSA) is 102 Å². The third-order valence-corrected chi connectivity index (χ3v) is 6.34. The lowest BCUT2D eigenvalue weighted by molar-refractivity contribution is -0.125. The van der Waals surface area contributed by atoms with E-state index in [0.717, 1.165) is 43.4 Å². The van der Waals surface area contributed by atoms with Gasteiger partial charge in [0.2, 0.25) is 5.91 Å². The lowest BCUT2D eigenvalue weighted by atomic mass is 9.78. The predicted molar refractivity (Wildman–Crippen MR) is 123 cm³/mol. The van der Waals surface area contributed by atoms with E-state index in [9.17, 15) is 9.59 Å². The first-order chi connectivity index (χ1) is 15.4. The van der Waals surface area contributed by atoms with Gasteiger partial charge in [0.1, 0.15) is 22.8 Å². The minimum absolute atomic E-state index is 0.0643. The van der Waals surface area contributed by atoms with Crippen LogP contribution in [0.1, 0.15) is 48.5 Å². The Kier molecular flexibility index (Phi) is 6.21. The summed E-state index contributed by atoms with van der Waals surface area (Å²) in [6.45, 7) is 4.22. The summed E-state index contributed by atoms with van der Waals surface area (Å²) in [6, 6.07) is 7.82. The number of anilines is 1. The maximum atomic E-state index is 12.6. The van der Waals surface area contributed by atoms with Crippen molar-refractivity contribution in [2.75, 3.05) is 26.4 Å². The number of aromatic nitrogens is 2. The highest BCUT2D eigenvalue weighted by molar-refractivity contribution is 6.04. The zero-order valence-electron chi connectivity index (χ0n) is 18.7. The lowest BCUT2D eigenvalue weighted by Gasteiger charge is -2.36. The summed E-state index contributed by atoms with van der Waals surface area (Å²) >= 11 is 0. The summed E-state index contributed by atoms with van der Waals surface area (Å²) in [7, 11) is 3.38. The fourth-order valence-corrected chi connectivity index (χ4v) is 4.12. The molecular weight excluding hydrogens is 406 g/mol. The van der Waals surface area contributed by atoms with Gasteiger partial charge in [-0.1, -0.05) is 6.58 Å². The van der Waals surface area contributed by atoms with Gasteiger partial charge in [0.25, 0.3) is 5.91 Å². The fraction of sp³-hybridized carbons (Fsp3) is 0.458. The van der Waals surface area contributed by atoms with E-state index < -0.39 is 0 Å². The van der Waals surface area contributed by atoms with Crippen molar-refractivity contribution in [1.82, 2.24) is 20.0 Å². The largest absolute Gasteiger partial charge is 0.490 e. The Balaban J connectivity index is 1.48. The number of hydrogen-bond donors (Lipinski definition) is 2. The van der Waals surface area contributed by atoms with Crippen molar-refractivity contribution in [3.05, 3.63) is 42.5 Å². The molecule has 2 aliphatic carbocycles. The van der Waals surface area contributed by atoms with Crippen LogP contribution < -0.4 is 15.8 Å². The average molecular weight is 438 g/mol. The van der Waals surface area contributed by atoms with Gasteiger partial charge in [-0.05, 0) is 68.4 Å². The monoisotopic (exact) mass is 437 g/mol. The molecule has 32 heavy (non-hydrogen) atoms. The molecule has 1 aromatic heterocycles. The van der Waals surface area contributed by atoms with Gasteiger partial charge in [-0.25, -0.2) is 4.68 Å². The van der Waals surface area contributed by atoms with E-state index in [1.54, 1.807) is 23.7 Å². The number of nitrogen functional groups attached to an aromatic ring is 1. The molecule has 0 saturated heterocycles. The van der Waals surface area contributed by atoms with Gasteiger partial charge in [0.05, 0.1) is 12.1 Å². The van der Waals surface area contributed by atoms with Crippen LogP contribution in [-0.2, 0) is 4.79 Å². The summed E-state index contributed by atoms with van der Waals surface area (Å²) in [6.07, 6.45) is 6.63. The molecule has 8 nitrogen and oxygen atoms in total. The maximum Gasteiger partial charge on any atom is 0.257 e. The lowest BCUT2D eigenvalue weighted by Crippen LogP contribution is -2.33. The summed E-state index contributed by atoms with van der Waals surface area (Å²) in [4.78, 5) is 25.9. The van der Waals surface area contributed by atoms with E-state index in [2.05, 4.69) is 11.9 Å². The van der Waals surface area contributed by atoms with Crippen molar-refractivity contribution in [3.8, 4) is 17.0 Å². The molecule has 2 aromatic rings. The molecule has 2 saturated carbocycles. The predicted octanol–water partition coefficient (Wildman–Crippen LogP) is 3.02. The number of benzene rings is 1. The molecule has 3 N–H and O–H groups in total. The minimum atomic E-state index is -0.248. The second-order valence-electron chi connectivity index (χ2n) is 8.72. The molecule has 0 atom stereocenters. The van der Waals surface area contributed by atoms with Gasteiger partial charge in [0, 0.05) is 26.2 Å². The van der Waals surface area contributed by atoms with E-state index in [-0.39, 0.29) is 17.9 Å². The van der Waals surface area contributed by atoms with E-state index >= 15 is 0 Å². The fourth-order valence-electron chi connectivity index (χ4n) is 4.12. The van der Waals surface area contributed by atoms with Crippen LogP contribution in [0.3, 0.4) is 0 Å². The number of hydrogen-bond acceptors (Lipinski definition) is 5. The number of ether oxygens (including phenoxy) is 1. The van der Waals surface area contributed by atoms with Crippen molar-refractivity contribution in [2.24, 2.45) is 5.92 Å². The minimum Gasteiger partial charge on any atom is -0.490 e.